The number of aromatic hydroxyl groups is 1. The van der Waals surface area contributed by atoms with Gasteiger partial charge in [-0.3, -0.25) is 14.5 Å². The van der Waals surface area contributed by atoms with Crippen LogP contribution in [0.3, 0.4) is 0 Å². The number of thiocarbonyl (C=S) groups is 1. The molecule has 0 unspecified atom stereocenters. The molecule has 2 aromatic carbocycles. The highest BCUT2D eigenvalue weighted by Gasteiger charge is 2.31. The Morgan fingerprint density at radius 2 is 1.94 bits per heavy atom. The lowest BCUT2D eigenvalue weighted by Crippen LogP contribution is -2.29. The number of hydrogen-bond donors (Lipinski definition) is 2. The van der Waals surface area contributed by atoms with Crippen molar-refractivity contribution in [3.8, 4) is 5.75 Å². The number of carbonyl (C=O) groups excluding carboxylic acids is 2. The highest BCUT2D eigenvalue weighted by atomic mass is 35.5. The van der Waals surface area contributed by atoms with Crippen molar-refractivity contribution in [1.29, 1.82) is 0 Å². The molecule has 1 fully saturated rings. The zero-order chi connectivity index (χ0) is 22.4. The highest BCUT2D eigenvalue weighted by molar-refractivity contribution is 8.26. The maximum absolute atomic E-state index is 12.7. The zero-order valence-corrected chi connectivity index (χ0v) is 19.4. The first-order valence-electron chi connectivity index (χ1n) is 9.94. The monoisotopic (exact) mass is 474 g/mol. The van der Waals surface area contributed by atoms with Gasteiger partial charge in [-0.2, -0.15) is 0 Å². The minimum Gasteiger partial charge on any atom is -0.507 e. The molecule has 0 atom stereocenters. The number of thioether (sulfide) groups is 1. The fourth-order valence-corrected chi connectivity index (χ4v) is 4.55. The molecule has 2 aromatic rings. The number of benzene rings is 2. The van der Waals surface area contributed by atoms with E-state index in [0.29, 0.717) is 32.8 Å². The van der Waals surface area contributed by atoms with Crippen molar-refractivity contribution in [2.75, 3.05) is 11.9 Å². The number of phenolic OH excluding ortho intramolecular Hbond substituents is 1. The average molecular weight is 475 g/mol. The quantitative estimate of drug-likeness (QED) is 0.289. The molecule has 1 saturated heterocycles. The fraction of sp³-hybridized carbons (Fsp3) is 0.261. The second-order valence-corrected chi connectivity index (χ2v) is 9.37. The molecule has 3 rings (SSSR count). The lowest BCUT2D eigenvalue weighted by Gasteiger charge is -2.14. The predicted octanol–water partition coefficient (Wildman–Crippen LogP) is 5.75. The Bertz CT molecular complexity index is 1020. The van der Waals surface area contributed by atoms with Gasteiger partial charge < -0.3 is 10.4 Å². The van der Waals surface area contributed by atoms with Crippen molar-refractivity contribution in [2.24, 2.45) is 0 Å². The highest BCUT2D eigenvalue weighted by Crippen LogP contribution is 2.34. The number of halogens is 1. The molecule has 2 amide bonds. The van der Waals surface area contributed by atoms with Crippen molar-refractivity contribution >= 4 is 63.5 Å². The van der Waals surface area contributed by atoms with E-state index in [0.717, 1.165) is 30.5 Å². The van der Waals surface area contributed by atoms with E-state index in [1.165, 1.54) is 17.8 Å². The van der Waals surface area contributed by atoms with Crippen LogP contribution in [0.15, 0.2) is 47.4 Å². The number of aryl methyl sites for hydroxylation is 1. The number of anilines is 1. The van der Waals surface area contributed by atoms with Gasteiger partial charge in [-0.1, -0.05) is 59.7 Å². The molecule has 0 spiro atoms. The molecule has 1 aliphatic heterocycles. The topological polar surface area (TPSA) is 69.6 Å². The second-order valence-electron chi connectivity index (χ2n) is 7.26. The largest absolute Gasteiger partial charge is 0.507 e. The standard InChI is InChI=1S/C23H23ClN2O3S2/c1-15-6-9-18(10-7-15)25-21(28)5-3-2-4-12-26-22(29)20(31-23(26)30)14-16-13-17(24)8-11-19(16)27/h6-11,13-14,27H,2-5,12H2,1H3,(H,25,28)/b20-14-. The first-order chi connectivity index (χ1) is 14.8. The van der Waals surface area contributed by atoms with Crippen molar-refractivity contribution in [3.63, 3.8) is 0 Å². The van der Waals surface area contributed by atoms with Gasteiger partial charge in [0.05, 0.1) is 4.91 Å². The Morgan fingerprint density at radius 1 is 1.19 bits per heavy atom. The molecule has 162 valence electrons. The lowest BCUT2D eigenvalue weighted by molar-refractivity contribution is -0.122. The van der Waals surface area contributed by atoms with Crippen LogP contribution < -0.4 is 5.32 Å². The van der Waals surface area contributed by atoms with Gasteiger partial charge in [0.15, 0.2) is 0 Å². The van der Waals surface area contributed by atoms with Crippen LogP contribution in [-0.2, 0) is 9.59 Å². The number of nitrogens with zero attached hydrogens (tertiary/aromatic N) is 1. The number of hydrogen-bond acceptors (Lipinski definition) is 5. The van der Waals surface area contributed by atoms with Crippen molar-refractivity contribution in [3.05, 3.63) is 63.5 Å². The van der Waals surface area contributed by atoms with Gasteiger partial charge in [0, 0.05) is 29.2 Å². The molecule has 31 heavy (non-hydrogen) atoms. The summed E-state index contributed by atoms with van der Waals surface area (Å²) in [6.45, 7) is 2.50. The summed E-state index contributed by atoms with van der Waals surface area (Å²) in [5.41, 5.74) is 2.42. The molecule has 8 heteroatoms. The van der Waals surface area contributed by atoms with Crippen LogP contribution in [0.1, 0.15) is 36.8 Å². The van der Waals surface area contributed by atoms with Gasteiger partial charge in [-0.15, -0.1) is 0 Å². The Morgan fingerprint density at radius 3 is 2.68 bits per heavy atom. The molecule has 0 radical (unpaired) electrons. The molecule has 0 aromatic heterocycles. The number of carbonyl (C=O) groups is 2. The fourth-order valence-electron chi connectivity index (χ4n) is 3.07. The van der Waals surface area contributed by atoms with Gasteiger partial charge in [-0.05, 0) is 56.2 Å². The first-order valence-corrected chi connectivity index (χ1v) is 11.5. The van der Waals surface area contributed by atoms with Crippen molar-refractivity contribution in [1.82, 2.24) is 4.90 Å². The van der Waals surface area contributed by atoms with Crippen molar-refractivity contribution in [2.45, 2.75) is 32.6 Å². The summed E-state index contributed by atoms with van der Waals surface area (Å²) >= 11 is 12.5. The molecule has 0 bridgehead atoms. The SMILES string of the molecule is Cc1ccc(NC(=O)CCCCCN2C(=O)/C(=C/c3cc(Cl)ccc3O)SC2=S)cc1. The van der Waals surface area contributed by atoms with Crippen LogP contribution >= 0.6 is 35.6 Å². The van der Waals surface area contributed by atoms with E-state index in [1.807, 2.05) is 31.2 Å². The third kappa shape index (κ3) is 6.56. The van der Waals surface area contributed by atoms with E-state index >= 15 is 0 Å². The van der Waals surface area contributed by atoms with Crippen molar-refractivity contribution < 1.29 is 14.7 Å². The summed E-state index contributed by atoms with van der Waals surface area (Å²) in [4.78, 5) is 26.8. The minimum absolute atomic E-state index is 0.0151. The van der Waals surface area contributed by atoms with E-state index in [4.69, 9.17) is 23.8 Å². The Hall–Kier alpha value is -2.35. The summed E-state index contributed by atoms with van der Waals surface area (Å²) in [5.74, 6) is -0.135. The summed E-state index contributed by atoms with van der Waals surface area (Å²) < 4.78 is 0.495. The number of phenols is 1. The van der Waals surface area contributed by atoms with E-state index in [9.17, 15) is 14.7 Å². The van der Waals surface area contributed by atoms with Gasteiger partial charge in [0.2, 0.25) is 5.91 Å². The molecule has 2 N–H and O–H groups in total. The summed E-state index contributed by atoms with van der Waals surface area (Å²) in [6.07, 6.45) is 4.33. The maximum Gasteiger partial charge on any atom is 0.266 e. The number of rotatable bonds is 8. The van der Waals surface area contributed by atoms with E-state index in [2.05, 4.69) is 5.32 Å². The maximum atomic E-state index is 12.7. The third-order valence-corrected chi connectivity index (χ3v) is 6.38. The minimum atomic E-state index is -0.175. The molecule has 1 heterocycles. The molecule has 0 aliphatic carbocycles. The molecule has 5 nitrogen and oxygen atoms in total. The molecular weight excluding hydrogens is 452 g/mol. The van der Waals surface area contributed by atoms with Crippen LogP contribution in [0.2, 0.25) is 5.02 Å². The van der Waals surface area contributed by atoms with Crippen LogP contribution in [-0.4, -0.2) is 32.7 Å². The van der Waals surface area contributed by atoms with Gasteiger partial charge in [0.1, 0.15) is 10.1 Å². The van der Waals surface area contributed by atoms with Crippen LogP contribution in [0.25, 0.3) is 6.08 Å². The van der Waals surface area contributed by atoms with Crippen LogP contribution in [0.4, 0.5) is 5.69 Å². The first kappa shape index (κ1) is 23.3. The van der Waals surface area contributed by atoms with Gasteiger partial charge in [-0.25, -0.2) is 0 Å². The molecule has 0 saturated carbocycles. The van der Waals surface area contributed by atoms with E-state index in [-0.39, 0.29) is 17.6 Å². The average Bonchev–Trinajstić information content (AvgIpc) is 2.99. The summed E-state index contributed by atoms with van der Waals surface area (Å²) in [5, 5.41) is 13.3. The molecular formula is C23H23ClN2O3S2. The molecule has 1 aliphatic rings. The number of unbranched alkanes of at least 4 members (excludes halogenated alkanes) is 2. The number of amides is 2. The third-order valence-electron chi connectivity index (χ3n) is 4.77. The van der Waals surface area contributed by atoms with Crippen LogP contribution in [0, 0.1) is 6.92 Å². The van der Waals surface area contributed by atoms with Crippen LogP contribution in [0.5, 0.6) is 5.75 Å². The normalized spacial score (nSPS) is 15.0. The summed E-state index contributed by atoms with van der Waals surface area (Å²) in [7, 11) is 0. The lowest BCUT2D eigenvalue weighted by atomic mass is 10.1. The smallest absolute Gasteiger partial charge is 0.266 e. The van der Waals surface area contributed by atoms with Gasteiger partial charge in [0.25, 0.3) is 5.91 Å². The Labute approximate surface area is 196 Å². The zero-order valence-electron chi connectivity index (χ0n) is 17.1. The summed E-state index contributed by atoms with van der Waals surface area (Å²) in [6, 6.07) is 12.4. The van der Waals surface area contributed by atoms with E-state index < -0.39 is 0 Å². The Kier molecular flexibility index (Phi) is 8.12. The second kappa shape index (κ2) is 10.8. The van der Waals surface area contributed by atoms with Gasteiger partial charge >= 0.3 is 0 Å². The number of nitrogens with one attached hydrogen (secondary N) is 1. The van der Waals surface area contributed by atoms with E-state index in [1.54, 1.807) is 23.1 Å². The predicted molar refractivity (Wildman–Crippen MR) is 131 cm³/mol. The Balaban J connectivity index is 1.44.